The van der Waals surface area contributed by atoms with Gasteiger partial charge in [0, 0.05) is 6.61 Å². The van der Waals surface area contributed by atoms with Crippen LogP contribution in [0.1, 0.15) is 6.92 Å². The predicted molar refractivity (Wildman–Crippen MR) is 29.4 cm³/mol. The fourth-order valence-electron chi connectivity index (χ4n) is 0.315. The first kappa shape index (κ1) is 8.16. The summed E-state index contributed by atoms with van der Waals surface area (Å²) in [5, 5.41) is 8.66. The molecule has 54 valence electrons. The summed E-state index contributed by atoms with van der Waals surface area (Å²) in [6.45, 7) is 2.66. The number of ether oxygens (including phenoxy) is 1. The summed E-state index contributed by atoms with van der Waals surface area (Å²) >= 11 is 0. The molecule has 0 aromatic rings. The maximum atomic E-state index is 9.49. The minimum atomic E-state index is -0.834. The quantitative estimate of drug-likeness (QED) is 0.307. The Morgan fingerprint density at radius 2 is 2.22 bits per heavy atom. The van der Waals surface area contributed by atoms with E-state index in [-0.39, 0.29) is 13.2 Å². The van der Waals surface area contributed by atoms with Crippen LogP contribution in [-0.4, -0.2) is 24.9 Å². The second kappa shape index (κ2) is 5.30. The third-order valence-electron chi connectivity index (χ3n) is 0.628. The molecule has 9 heavy (non-hydrogen) atoms. The van der Waals surface area contributed by atoms with E-state index in [2.05, 4.69) is 4.84 Å². The van der Waals surface area contributed by atoms with Crippen LogP contribution < -0.4 is 0 Å². The molecular formula is C4H9NO4. The Morgan fingerprint density at radius 3 is 2.67 bits per heavy atom. The standard InChI is InChI=1S/C4H9NO4/c1-2-8-3-4-9-5(6)7/h2-4H2,1H3. The molecule has 0 bridgehead atoms. The van der Waals surface area contributed by atoms with Crippen molar-refractivity contribution < 1.29 is 14.7 Å². The highest BCUT2D eigenvalue weighted by Crippen LogP contribution is 1.76. The average molecular weight is 135 g/mol. The van der Waals surface area contributed by atoms with Crippen LogP contribution in [0, 0.1) is 10.1 Å². The fraction of sp³-hybridized carbons (Fsp3) is 1.00. The van der Waals surface area contributed by atoms with E-state index in [9.17, 15) is 10.1 Å². The van der Waals surface area contributed by atoms with Gasteiger partial charge in [-0.25, -0.2) is 0 Å². The van der Waals surface area contributed by atoms with Gasteiger partial charge in [-0.2, -0.15) is 0 Å². The summed E-state index contributed by atoms with van der Waals surface area (Å²) < 4.78 is 4.75. The van der Waals surface area contributed by atoms with Crippen LogP contribution in [-0.2, 0) is 9.57 Å². The third kappa shape index (κ3) is 7.16. The van der Waals surface area contributed by atoms with Crippen molar-refractivity contribution >= 4 is 0 Å². The molecule has 0 aliphatic rings. The summed E-state index contributed by atoms with van der Waals surface area (Å²) in [5.41, 5.74) is 0. The van der Waals surface area contributed by atoms with E-state index in [1.807, 2.05) is 6.92 Å². The van der Waals surface area contributed by atoms with Gasteiger partial charge in [-0.1, -0.05) is 0 Å². The Labute approximate surface area is 52.7 Å². The van der Waals surface area contributed by atoms with E-state index >= 15 is 0 Å². The Hall–Kier alpha value is -0.840. The summed E-state index contributed by atoms with van der Waals surface area (Å²) in [6.07, 6.45) is 0. The molecule has 0 aliphatic heterocycles. The number of rotatable bonds is 5. The van der Waals surface area contributed by atoms with E-state index in [0.29, 0.717) is 6.61 Å². The summed E-state index contributed by atoms with van der Waals surface area (Å²) in [4.78, 5) is 13.4. The molecule has 5 nitrogen and oxygen atoms in total. The average Bonchev–Trinajstić information content (AvgIpc) is 1.80. The highest BCUT2D eigenvalue weighted by Gasteiger charge is 1.91. The van der Waals surface area contributed by atoms with Crippen molar-refractivity contribution in [3.8, 4) is 0 Å². The maximum absolute atomic E-state index is 9.49. The van der Waals surface area contributed by atoms with Crippen molar-refractivity contribution in [2.24, 2.45) is 0 Å². The van der Waals surface area contributed by atoms with Crippen LogP contribution in [0.5, 0.6) is 0 Å². The van der Waals surface area contributed by atoms with Gasteiger partial charge in [0.15, 0.2) is 0 Å². The SMILES string of the molecule is CCOCCO[N+](=O)[O-]. The van der Waals surface area contributed by atoms with Crippen molar-refractivity contribution in [3.05, 3.63) is 10.1 Å². The van der Waals surface area contributed by atoms with Crippen LogP contribution >= 0.6 is 0 Å². The molecular weight excluding hydrogens is 126 g/mol. The topological polar surface area (TPSA) is 61.6 Å². The molecule has 0 radical (unpaired) electrons. The monoisotopic (exact) mass is 135 g/mol. The van der Waals surface area contributed by atoms with E-state index in [0.717, 1.165) is 0 Å². The Morgan fingerprint density at radius 1 is 1.56 bits per heavy atom. The molecule has 0 aromatic carbocycles. The second-order valence-corrected chi connectivity index (χ2v) is 1.25. The molecule has 0 aliphatic carbocycles. The molecule has 0 saturated carbocycles. The molecule has 5 heteroatoms. The molecule has 0 fully saturated rings. The van der Waals surface area contributed by atoms with Crippen LogP contribution in [0.3, 0.4) is 0 Å². The zero-order valence-electron chi connectivity index (χ0n) is 5.20. The van der Waals surface area contributed by atoms with Gasteiger partial charge in [0.25, 0.3) is 5.09 Å². The molecule has 0 spiro atoms. The molecule has 0 atom stereocenters. The minimum Gasteiger partial charge on any atom is -0.380 e. The summed E-state index contributed by atoms with van der Waals surface area (Å²) in [7, 11) is 0. The molecule has 0 rings (SSSR count). The lowest BCUT2D eigenvalue weighted by molar-refractivity contribution is -0.758. The zero-order chi connectivity index (χ0) is 7.11. The lowest BCUT2D eigenvalue weighted by Crippen LogP contribution is -2.08. The Balaban J connectivity index is 2.83. The van der Waals surface area contributed by atoms with Crippen molar-refractivity contribution in [2.45, 2.75) is 6.92 Å². The lowest BCUT2D eigenvalue weighted by atomic mass is 10.7. The Bertz CT molecular complexity index is 84.6. The van der Waals surface area contributed by atoms with E-state index in [1.54, 1.807) is 0 Å². The van der Waals surface area contributed by atoms with Gasteiger partial charge < -0.3 is 9.57 Å². The van der Waals surface area contributed by atoms with Gasteiger partial charge in [0.05, 0.1) is 6.61 Å². The highest BCUT2D eigenvalue weighted by atomic mass is 17.0. The maximum Gasteiger partial charge on any atom is 0.294 e. The van der Waals surface area contributed by atoms with Crippen molar-refractivity contribution in [2.75, 3.05) is 19.8 Å². The molecule has 0 aromatic heterocycles. The second-order valence-electron chi connectivity index (χ2n) is 1.25. The van der Waals surface area contributed by atoms with Gasteiger partial charge in [0.2, 0.25) is 0 Å². The normalized spacial score (nSPS) is 9.00. The first-order valence-electron chi connectivity index (χ1n) is 2.62. The van der Waals surface area contributed by atoms with Crippen molar-refractivity contribution in [3.63, 3.8) is 0 Å². The van der Waals surface area contributed by atoms with Gasteiger partial charge >= 0.3 is 0 Å². The molecule has 0 amide bonds. The number of hydrogen-bond acceptors (Lipinski definition) is 4. The highest BCUT2D eigenvalue weighted by molar-refractivity contribution is 4.20. The first-order chi connectivity index (χ1) is 4.27. The van der Waals surface area contributed by atoms with Crippen LogP contribution in [0.2, 0.25) is 0 Å². The van der Waals surface area contributed by atoms with Gasteiger partial charge in [-0.05, 0) is 6.92 Å². The zero-order valence-corrected chi connectivity index (χ0v) is 5.20. The predicted octanol–water partition coefficient (Wildman–Crippen LogP) is 0.231. The molecule has 0 unspecified atom stereocenters. The van der Waals surface area contributed by atoms with Gasteiger partial charge in [-0.15, -0.1) is 10.1 Å². The molecule has 0 saturated heterocycles. The summed E-state index contributed by atoms with van der Waals surface area (Å²) in [5.74, 6) is 0. The first-order valence-corrected chi connectivity index (χ1v) is 2.62. The molecule has 0 heterocycles. The number of nitrogens with zero attached hydrogens (tertiary/aromatic N) is 1. The van der Waals surface area contributed by atoms with Crippen LogP contribution in [0.4, 0.5) is 0 Å². The van der Waals surface area contributed by atoms with Gasteiger partial charge in [-0.3, -0.25) is 0 Å². The van der Waals surface area contributed by atoms with Crippen molar-refractivity contribution in [1.29, 1.82) is 0 Å². The largest absolute Gasteiger partial charge is 0.380 e. The smallest absolute Gasteiger partial charge is 0.294 e. The van der Waals surface area contributed by atoms with E-state index in [4.69, 9.17) is 4.74 Å². The number of hydrogen-bond donors (Lipinski definition) is 0. The fourth-order valence-corrected chi connectivity index (χ4v) is 0.315. The van der Waals surface area contributed by atoms with Crippen LogP contribution in [0.15, 0.2) is 0 Å². The van der Waals surface area contributed by atoms with Crippen molar-refractivity contribution in [1.82, 2.24) is 0 Å². The lowest BCUT2D eigenvalue weighted by Gasteiger charge is -1.97. The third-order valence-corrected chi connectivity index (χ3v) is 0.628. The Kier molecular flexibility index (Phi) is 4.81. The van der Waals surface area contributed by atoms with E-state index < -0.39 is 5.09 Å². The van der Waals surface area contributed by atoms with Crippen LogP contribution in [0.25, 0.3) is 0 Å². The van der Waals surface area contributed by atoms with Gasteiger partial charge in [0.1, 0.15) is 6.61 Å². The van der Waals surface area contributed by atoms with E-state index in [1.165, 1.54) is 0 Å². The molecule has 0 N–H and O–H groups in total. The minimum absolute atomic E-state index is 0.0147. The summed E-state index contributed by atoms with van der Waals surface area (Å²) in [6, 6.07) is 0.